The topological polar surface area (TPSA) is 78.9 Å². The van der Waals surface area contributed by atoms with Crippen LogP contribution in [-0.2, 0) is 28.6 Å². The van der Waals surface area contributed by atoms with Crippen LogP contribution in [0.3, 0.4) is 0 Å². The summed E-state index contributed by atoms with van der Waals surface area (Å²) >= 11 is 0. The van der Waals surface area contributed by atoms with E-state index in [9.17, 15) is 14.4 Å². The summed E-state index contributed by atoms with van der Waals surface area (Å²) < 4.78 is 16.9. The van der Waals surface area contributed by atoms with Gasteiger partial charge in [0, 0.05) is 19.3 Å². The van der Waals surface area contributed by atoms with E-state index >= 15 is 0 Å². The lowest BCUT2D eigenvalue weighted by Crippen LogP contribution is -2.30. The molecule has 0 aliphatic rings. The Bertz CT molecular complexity index is 1590. The molecule has 1 atom stereocenters. The summed E-state index contributed by atoms with van der Waals surface area (Å²) in [5, 5.41) is 0. The highest BCUT2D eigenvalue weighted by molar-refractivity contribution is 5.71. The van der Waals surface area contributed by atoms with E-state index in [-0.39, 0.29) is 31.1 Å². The van der Waals surface area contributed by atoms with Crippen molar-refractivity contribution in [2.75, 3.05) is 13.2 Å². The Kier molecular flexibility index (Phi) is 66.7. The maximum absolute atomic E-state index is 12.9. The van der Waals surface area contributed by atoms with Crippen molar-refractivity contribution in [2.45, 2.75) is 354 Å². The smallest absolute Gasteiger partial charge is 0.306 e. The average molecular weight is 1140 g/mol. The standard InChI is InChI=1S/C76H132O6/c1-4-7-10-13-16-19-21-23-25-27-29-31-33-34-35-36-37-38-39-40-41-42-44-45-47-49-51-53-55-57-60-63-66-69-75(78)81-72-73(71-80-74(77)68-65-62-59-18-15-12-9-6-3)82-76(79)70-67-64-61-58-56-54-52-50-48-46-43-32-30-28-26-24-22-20-17-14-11-8-5-2/h8,11,17,20-21,23-24,26-27,29-30,32-34,46,48,73H,4-7,9-10,12-16,18-19,22,25,28,31,35-45,47,49-72H2,1-3H3/b11-8-,20-17-,23-21-,26-24-,29-27-,32-30-,34-33-,48-46-. The average Bonchev–Trinajstić information content (AvgIpc) is 3.47. The summed E-state index contributed by atoms with van der Waals surface area (Å²) in [4.78, 5) is 38.2. The van der Waals surface area contributed by atoms with Gasteiger partial charge >= 0.3 is 17.9 Å². The number of unbranched alkanes of at least 4 members (excludes halogenated alkanes) is 37. The molecule has 0 aromatic heterocycles. The maximum atomic E-state index is 12.9. The van der Waals surface area contributed by atoms with Crippen LogP contribution in [0.4, 0.5) is 0 Å². The molecule has 0 aromatic rings. The van der Waals surface area contributed by atoms with Crippen molar-refractivity contribution in [3.8, 4) is 0 Å². The highest BCUT2D eigenvalue weighted by Crippen LogP contribution is 2.17. The molecule has 6 heteroatoms. The third-order valence-corrected chi connectivity index (χ3v) is 15.3. The van der Waals surface area contributed by atoms with Gasteiger partial charge in [0.1, 0.15) is 13.2 Å². The van der Waals surface area contributed by atoms with E-state index in [1.54, 1.807) is 0 Å². The van der Waals surface area contributed by atoms with Crippen molar-refractivity contribution in [1.29, 1.82) is 0 Å². The van der Waals surface area contributed by atoms with Crippen molar-refractivity contribution < 1.29 is 28.6 Å². The molecule has 0 aromatic carbocycles. The lowest BCUT2D eigenvalue weighted by Gasteiger charge is -2.18. The zero-order chi connectivity index (χ0) is 59.2. The number of hydrogen-bond acceptors (Lipinski definition) is 6. The van der Waals surface area contributed by atoms with E-state index in [2.05, 4.69) is 118 Å². The molecule has 0 spiro atoms. The second-order valence-corrected chi connectivity index (χ2v) is 23.4. The third-order valence-electron chi connectivity index (χ3n) is 15.3. The van der Waals surface area contributed by atoms with E-state index in [1.807, 2.05) is 0 Å². The van der Waals surface area contributed by atoms with Crippen LogP contribution in [0.15, 0.2) is 97.2 Å². The van der Waals surface area contributed by atoms with E-state index in [0.717, 1.165) is 109 Å². The summed E-state index contributed by atoms with van der Waals surface area (Å²) in [5.41, 5.74) is 0. The first-order chi connectivity index (χ1) is 40.5. The highest BCUT2D eigenvalue weighted by atomic mass is 16.6. The predicted octanol–water partition coefficient (Wildman–Crippen LogP) is 24.4. The van der Waals surface area contributed by atoms with Crippen molar-refractivity contribution in [3.63, 3.8) is 0 Å². The fourth-order valence-corrected chi connectivity index (χ4v) is 10.1. The first-order valence-electron chi connectivity index (χ1n) is 35.2. The molecule has 0 radical (unpaired) electrons. The van der Waals surface area contributed by atoms with Gasteiger partial charge in [-0.1, -0.05) is 323 Å². The maximum Gasteiger partial charge on any atom is 0.306 e. The van der Waals surface area contributed by atoms with Crippen molar-refractivity contribution in [2.24, 2.45) is 0 Å². The third kappa shape index (κ3) is 67.1. The molecule has 0 saturated carbocycles. The monoisotopic (exact) mass is 1140 g/mol. The quantitative estimate of drug-likeness (QED) is 0.0261. The largest absolute Gasteiger partial charge is 0.462 e. The molecule has 0 fully saturated rings. The van der Waals surface area contributed by atoms with Crippen LogP contribution in [0, 0.1) is 0 Å². The van der Waals surface area contributed by atoms with E-state index < -0.39 is 6.10 Å². The summed E-state index contributed by atoms with van der Waals surface area (Å²) in [6.07, 6.45) is 94.6. The van der Waals surface area contributed by atoms with Gasteiger partial charge in [-0.15, -0.1) is 0 Å². The molecular formula is C76H132O6. The van der Waals surface area contributed by atoms with Crippen LogP contribution in [0.25, 0.3) is 0 Å². The van der Waals surface area contributed by atoms with Crippen LogP contribution in [0.5, 0.6) is 0 Å². The minimum Gasteiger partial charge on any atom is -0.462 e. The van der Waals surface area contributed by atoms with Crippen molar-refractivity contribution >= 4 is 17.9 Å². The highest BCUT2D eigenvalue weighted by Gasteiger charge is 2.19. The van der Waals surface area contributed by atoms with Gasteiger partial charge in [0.2, 0.25) is 0 Å². The molecule has 0 amide bonds. The Hall–Kier alpha value is -3.67. The number of carbonyl (C=O) groups is 3. The van der Waals surface area contributed by atoms with E-state index in [1.165, 1.54) is 199 Å². The van der Waals surface area contributed by atoms with Gasteiger partial charge in [-0.05, 0) is 103 Å². The summed E-state index contributed by atoms with van der Waals surface area (Å²) in [7, 11) is 0. The molecule has 0 aliphatic carbocycles. The van der Waals surface area contributed by atoms with Gasteiger partial charge in [0.25, 0.3) is 0 Å². The molecular weight excluding hydrogens is 1010 g/mol. The molecule has 0 N–H and O–H groups in total. The molecule has 0 saturated heterocycles. The van der Waals surface area contributed by atoms with Gasteiger partial charge in [-0.3, -0.25) is 14.4 Å². The fourth-order valence-electron chi connectivity index (χ4n) is 10.1. The van der Waals surface area contributed by atoms with E-state index in [0.29, 0.717) is 19.3 Å². The second-order valence-electron chi connectivity index (χ2n) is 23.4. The number of carbonyl (C=O) groups excluding carboxylic acids is 3. The Morgan fingerprint density at radius 1 is 0.256 bits per heavy atom. The number of allylic oxidation sites excluding steroid dienone is 16. The first kappa shape index (κ1) is 78.3. The minimum absolute atomic E-state index is 0.0786. The van der Waals surface area contributed by atoms with Crippen LogP contribution in [0.1, 0.15) is 348 Å². The van der Waals surface area contributed by atoms with Gasteiger partial charge in [-0.2, -0.15) is 0 Å². The Balaban J connectivity index is 4.09. The van der Waals surface area contributed by atoms with E-state index in [4.69, 9.17) is 14.2 Å². The number of esters is 3. The molecule has 82 heavy (non-hydrogen) atoms. The van der Waals surface area contributed by atoms with Gasteiger partial charge in [0.05, 0.1) is 0 Å². The normalized spacial score (nSPS) is 12.7. The fraction of sp³-hybridized carbons (Fsp3) is 0.750. The van der Waals surface area contributed by atoms with Gasteiger partial charge in [-0.25, -0.2) is 0 Å². The van der Waals surface area contributed by atoms with Crippen LogP contribution < -0.4 is 0 Å². The summed E-state index contributed by atoms with van der Waals surface area (Å²) in [5.74, 6) is -0.880. The number of rotatable bonds is 64. The predicted molar refractivity (Wildman–Crippen MR) is 357 cm³/mol. The van der Waals surface area contributed by atoms with Crippen LogP contribution in [0.2, 0.25) is 0 Å². The van der Waals surface area contributed by atoms with Crippen LogP contribution >= 0.6 is 0 Å². The molecule has 1 unspecified atom stereocenters. The Morgan fingerprint density at radius 3 is 0.744 bits per heavy atom. The second kappa shape index (κ2) is 69.8. The van der Waals surface area contributed by atoms with Gasteiger partial charge in [0.15, 0.2) is 6.10 Å². The summed E-state index contributed by atoms with van der Waals surface area (Å²) in [6, 6.07) is 0. The molecule has 0 aliphatic heterocycles. The Labute approximate surface area is 508 Å². The lowest BCUT2D eigenvalue weighted by atomic mass is 10.0. The van der Waals surface area contributed by atoms with Crippen molar-refractivity contribution in [1.82, 2.24) is 0 Å². The van der Waals surface area contributed by atoms with Gasteiger partial charge < -0.3 is 14.2 Å². The molecule has 0 bridgehead atoms. The molecule has 0 rings (SSSR count). The zero-order valence-corrected chi connectivity index (χ0v) is 54.2. The molecule has 6 nitrogen and oxygen atoms in total. The zero-order valence-electron chi connectivity index (χ0n) is 54.2. The molecule has 0 heterocycles. The number of ether oxygens (including phenoxy) is 3. The Morgan fingerprint density at radius 2 is 0.476 bits per heavy atom. The van der Waals surface area contributed by atoms with Crippen molar-refractivity contribution in [3.05, 3.63) is 97.2 Å². The number of hydrogen-bond donors (Lipinski definition) is 0. The first-order valence-corrected chi connectivity index (χ1v) is 35.2. The SMILES string of the molecule is CC/C=C\C/C=C\C/C=C\C/C=C\C/C=C\CCCCCCCCCC(=O)OC(COC(=O)CCCCCCCCCC)COC(=O)CCCCCCCCCCCCCCCCCCCC/C=C\C/C=C\C/C=C\CCCCCCC. The van der Waals surface area contributed by atoms with Crippen LogP contribution in [-0.4, -0.2) is 37.2 Å². The lowest BCUT2D eigenvalue weighted by molar-refractivity contribution is -0.167. The minimum atomic E-state index is -0.782. The summed E-state index contributed by atoms with van der Waals surface area (Å²) in [6.45, 7) is 6.51. The molecule has 472 valence electrons.